The second-order valence-corrected chi connectivity index (χ2v) is 6.56. The average molecular weight is 472 g/mol. The molecule has 1 aromatic rings. The molecule has 1 heterocycles. The molecule has 2 N–H and O–H groups in total. The molecule has 0 aromatic carbocycles. The number of carbonyl (C=O) groups is 1. The second kappa shape index (κ2) is 11.9. The zero-order chi connectivity index (χ0) is 16.5. The minimum atomic E-state index is -0.307. The maximum Gasteiger partial charge on any atom is 0.350 e. The molecule has 0 amide bonds. The number of carbonyl (C=O) groups excluding carboxylic acids is 1. The molecule has 1 unspecified atom stereocenters. The summed E-state index contributed by atoms with van der Waals surface area (Å²) in [5.41, 5.74) is 0.706. The Labute approximate surface area is 163 Å². The van der Waals surface area contributed by atoms with E-state index in [4.69, 9.17) is 4.74 Å². The number of aryl methyl sites for hydroxylation is 1. The number of halogens is 1. The van der Waals surface area contributed by atoms with Crippen LogP contribution in [0.2, 0.25) is 0 Å². The van der Waals surface area contributed by atoms with Crippen molar-refractivity contribution in [3.05, 3.63) is 15.6 Å². The second-order valence-electron chi connectivity index (χ2n) is 4.54. The number of nitrogens with zero attached hydrogens (tertiary/aromatic N) is 2. The van der Waals surface area contributed by atoms with Crippen LogP contribution in [0.4, 0.5) is 0 Å². The first kappa shape index (κ1) is 22.4. The fourth-order valence-electron chi connectivity index (χ4n) is 1.72. The van der Waals surface area contributed by atoms with Crippen LogP contribution in [-0.4, -0.2) is 49.1 Å². The summed E-state index contributed by atoms with van der Waals surface area (Å²) in [5, 5.41) is 7.36. The summed E-state index contributed by atoms with van der Waals surface area (Å²) in [7, 11) is 1.73. The van der Waals surface area contributed by atoms with E-state index < -0.39 is 0 Å². The molecule has 0 spiro atoms. The van der Waals surface area contributed by atoms with Gasteiger partial charge in [-0.3, -0.25) is 4.99 Å². The Morgan fingerprint density at radius 3 is 2.78 bits per heavy atom. The van der Waals surface area contributed by atoms with Gasteiger partial charge in [-0.15, -0.1) is 35.3 Å². The molecule has 0 radical (unpaired) electrons. The first-order valence-corrected chi connectivity index (χ1v) is 9.35. The van der Waals surface area contributed by atoms with Gasteiger partial charge < -0.3 is 15.4 Å². The fourth-order valence-corrected chi connectivity index (χ4v) is 2.99. The minimum Gasteiger partial charge on any atom is -0.462 e. The van der Waals surface area contributed by atoms with E-state index in [1.165, 1.54) is 11.3 Å². The molecule has 1 atom stereocenters. The molecule has 0 fully saturated rings. The van der Waals surface area contributed by atoms with Gasteiger partial charge in [0.1, 0.15) is 9.88 Å². The van der Waals surface area contributed by atoms with Gasteiger partial charge in [0.25, 0.3) is 0 Å². The number of hydrogen-bond acceptors (Lipinski definition) is 6. The number of guanidine groups is 1. The molecule has 1 aromatic heterocycles. The largest absolute Gasteiger partial charge is 0.462 e. The molecule has 0 bridgehead atoms. The molecular formula is C14H25IN4O2S2. The van der Waals surface area contributed by atoms with Crippen molar-refractivity contribution in [3.63, 3.8) is 0 Å². The van der Waals surface area contributed by atoms with E-state index >= 15 is 0 Å². The first-order valence-electron chi connectivity index (χ1n) is 7.14. The summed E-state index contributed by atoms with van der Waals surface area (Å²) in [6.07, 6.45) is 2.07. The third kappa shape index (κ3) is 7.25. The zero-order valence-electron chi connectivity index (χ0n) is 14.1. The molecular weight excluding hydrogens is 447 g/mol. The topological polar surface area (TPSA) is 75.6 Å². The number of hydrogen-bond donors (Lipinski definition) is 2. The highest BCUT2D eigenvalue weighted by Gasteiger charge is 2.19. The summed E-state index contributed by atoms with van der Waals surface area (Å²) in [4.78, 5) is 21.1. The van der Waals surface area contributed by atoms with Crippen molar-refractivity contribution in [3.8, 4) is 0 Å². The number of thiazole rings is 1. The quantitative estimate of drug-likeness (QED) is 0.209. The van der Waals surface area contributed by atoms with Gasteiger partial charge in [-0.05, 0) is 27.0 Å². The van der Waals surface area contributed by atoms with Crippen molar-refractivity contribution < 1.29 is 9.53 Å². The van der Waals surface area contributed by atoms with Crippen LogP contribution in [0.3, 0.4) is 0 Å². The van der Waals surface area contributed by atoms with E-state index in [-0.39, 0.29) is 36.0 Å². The summed E-state index contributed by atoms with van der Waals surface area (Å²) in [5.74, 6) is 1.43. The highest BCUT2D eigenvalue weighted by atomic mass is 127. The van der Waals surface area contributed by atoms with Gasteiger partial charge in [-0.1, -0.05) is 0 Å². The van der Waals surface area contributed by atoms with E-state index in [1.54, 1.807) is 25.7 Å². The molecule has 0 aliphatic heterocycles. The van der Waals surface area contributed by atoms with Crippen molar-refractivity contribution in [2.24, 2.45) is 4.99 Å². The Kier molecular flexibility index (Phi) is 11.6. The van der Waals surface area contributed by atoms with Crippen LogP contribution in [-0.2, 0) is 4.74 Å². The molecule has 132 valence electrons. The minimum absolute atomic E-state index is 0. The fraction of sp³-hybridized carbons (Fsp3) is 0.643. The number of esters is 1. The molecule has 6 nitrogen and oxygen atoms in total. The van der Waals surface area contributed by atoms with Crippen molar-refractivity contribution in [2.45, 2.75) is 26.8 Å². The molecule has 0 saturated heterocycles. The summed E-state index contributed by atoms with van der Waals surface area (Å²) in [6.45, 7) is 6.83. The number of aromatic nitrogens is 1. The lowest BCUT2D eigenvalue weighted by Crippen LogP contribution is -2.39. The standard InChI is InChI=1S/C14H24N4O2S2.HI/c1-6-20-13(19)11-9(2)17-12(22-11)10(3)18-14(15-4)16-7-8-21-5;/h10H,6-8H2,1-5H3,(H2,15,16,18);1H. The molecule has 0 aliphatic carbocycles. The van der Waals surface area contributed by atoms with E-state index in [0.29, 0.717) is 17.2 Å². The van der Waals surface area contributed by atoms with E-state index in [1.807, 2.05) is 13.8 Å². The van der Waals surface area contributed by atoms with Gasteiger partial charge in [0.15, 0.2) is 5.96 Å². The van der Waals surface area contributed by atoms with E-state index in [9.17, 15) is 4.79 Å². The zero-order valence-corrected chi connectivity index (χ0v) is 18.1. The third-order valence-electron chi connectivity index (χ3n) is 2.82. The monoisotopic (exact) mass is 472 g/mol. The number of thioether (sulfide) groups is 1. The van der Waals surface area contributed by atoms with Crippen LogP contribution in [0.5, 0.6) is 0 Å². The highest BCUT2D eigenvalue weighted by molar-refractivity contribution is 14.0. The first-order chi connectivity index (χ1) is 10.5. The summed E-state index contributed by atoms with van der Waals surface area (Å²) >= 11 is 3.14. The van der Waals surface area contributed by atoms with Crippen molar-refractivity contribution in [1.29, 1.82) is 0 Å². The molecule has 0 aliphatic rings. The average Bonchev–Trinajstić information content (AvgIpc) is 2.88. The van der Waals surface area contributed by atoms with Crippen LogP contribution >= 0.6 is 47.1 Å². The van der Waals surface area contributed by atoms with E-state index in [2.05, 4.69) is 26.9 Å². The lowest BCUT2D eigenvalue weighted by atomic mass is 10.3. The summed E-state index contributed by atoms with van der Waals surface area (Å²) < 4.78 is 5.04. The van der Waals surface area contributed by atoms with Gasteiger partial charge in [-0.2, -0.15) is 11.8 Å². The number of aliphatic imine (C=N–C) groups is 1. The lowest BCUT2D eigenvalue weighted by Gasteiger charge is -2.15. The normalized spacial score (nSPS) is 12.3. The molecule has 0 saturated carbocycles. The van der Waals surface area contributed by atoms with Crippen LogP contribution < -0.4 is 10.6 Å². The Bertz CT molecular complexity index is 523. The Hall–Kier alpha value is -0.550. The van der Waals surface area contributed by atoms with Crippen molar-refractivity contribution >= 4 is 59.0 Å². The smallest absolute Gasteiger partial charge is 0.350 e. The van der Waals surface area contributed by atoms with Crippen LogP contribution in [0.15, 0.2) is 4.99 Å². The van der Waals surface area contributed by atoms with Crippen LogP contribution in [0.25, 0.3) is 0 Å². The van der Waals surface area contributed by atoms with E-state index in [0.717, 1.165) is 23.3 Å². The van der Waals surface area contributed by atoms with Gasteiger partial charge >= 0.3 is 5.97 Å². The number of ether oxygens (including phenoxy) is 1. The van der Waals surface area contributed by atoms with Crippen molar-refractivity contribution in [1.82, 2.24) is 15.6 Å². The van der Waals surface area contributed by atoms with Gasteiger partial charge in [0.05, 0.1) is 18.3 Å². The predicted octanol–water partition coefficient (Wildman–Crippen LogP) is 2.84. The summed E-state index contributed by atoms with van der Waals surface area (Å²) in [6, 6.07) is -0.0349. The maximum atomic E-state index is 11.8. The highest BCUT2D eigenvalue weighted by Crippen LogP contribution is 2.24. The van der Waals surface area contributed by atoms with Crippen LogP contribution in [0.1, 0.15) is 40.3 Å². The lowest BCUT2D eigenvalue weighted by molar-refractivity contribution is 0.0531. The van der Waals surface area contributed by atoms with Crippen LogP contribution in [0, 0.1) is 6.92 Å². The molecule has 1 rings (SSSR count). The Morgan fingerprint density at radius 1 is 1.52 bits per heavy atom. The number of rotatable bonds is 7. The Balaban J connectivity index is 0.00000484. The number of nitrogens with one attached hydrogen (secondary N) is 2. The van der Waals surface area contributed by atoms with Crippen molar-refractivity contribution in [2.75, 3.05) is 32.2 Å². The predicted molar refractivity (Wildman–Crippen MR) is 110 cm³/mol. The third-order valence-corrected chi connectivity index (χ3v) is 4.75. The van der Waals surface area contributed by atoms with Gasteiger partial charge in [-0.25, -0.2) is 9.78 Å². The SMILES string of the molecule is CCOC(=O)c1sc(C(C)NC(=NC)NCCSC)nc1C.I. The maximum absolute atomic E-state index is 11.8. The van der Waals surface area contributed by atoms with Gasteiger partial charge in [0.2, 0.25) is 0 Å². The Morgan fingerprint density at radius 2 is 2.22 bits per heavy atom. The molecule has 9 heteroatoms. The van der Waals surface area contributed by atoms with Gasteiger partial charge in [0, 0.05) is 19.3 Å². The molecule has 23 heavy (non-hydrogen) atoms.